The molecule has 1 rings (SSSR count). The molecule has 0 N–H and O–H groups in total. The first-order chi connectivity index (χ1) is 8.31. The Labute approximate surface area is 125 Å². The molecule has 0 spiro atoms. The summed E-state index contributed by atoms with van der Waals surface area (Å²) < 4.78 is 0. The fourth-order valence-electron chi connectivity index (χ4n) is 1.74. The Morgan fingerprint density at radius 1 is 1.33 bits per heavy atom. The van der Waals surface area contributed by atoms with Crippen molar-refractivity contribution in [1.82, 2.24) is 0 Å². The van der Waals surface area contributed by atoms with Gasteiger partial charge in [-0.1, -0.05) is 53.0 Å². The average molecular weight is 355 g/mol. The van der Waals surface area contributed by atoms with Gasteiger partial charge in [-0.05, 0) is 24.8 Å². The first-order valence-corrected chi connectivity index (χ1v) is 7.24. The SMILES string of the molecule is CC(C)CC(Br)Cc1cc(Cl)c(Cl)cc1[N+](=O)[O-]. The molecule has 0 saturated heterocycles. The van der Waals surface area contributed by atoms with Gasteiger partial charge in [-0.25, -0.2) is 0 Å². The molecule has 0 bridgehead atoms. The Bertz CT molecular complexity index is 452. The largest absolute Gasteiger partial charge is 0.274 e. The van der Waals surface area contributed by atoms with Crippen LogP contribution in [-0.2, 0) is 6.42 Å². The number of nitro groups is 1. The first kappa shape index (κ1) is 15.7. The van der Waals surface area contributed by atoms with E-state index in [1.165, 1.54) is 6.07 Å². The maximum atomic E-state index is 11.0. The molecule has 1 atom stereocenters. The highest BCUT2D eigenvalue weighted by atomic mass is 79.9. The standard InChI is InChI=1S/C12H14BrCl2NO2/c1-7(2)3-9(13)4-8-5-10(14)11(15)6-12(8)16(17)18/h5-7,9H,3-4H2,1-2H3. The molecule has 1 aromatic carbocycles. The summed E-state index contributed by atoms with van der Waals surface area (Å²) in [6.45, 7) is 4.22. The predicted molar refractivity (Wildman–Crippen MR) is 79.0 cm³/mol. The second-order valence-corrected chi connectivity index (χ2v) is 6.69. The van der Waals surface area contributed by atoms with Gasteiger partial charge in [0.25, 0.3) is 5.69 Å². The molecule has 18 heavy (non-hydrogen) atoms. The van der Waals surface area contributed by atoms with E-state index in [0.717, 1.165) is 6.42 Å². The van der Waals surface area contributed by atoms with E-state index in [1.807, 2.05) is 0 Å². The summed E-state index contributed by atoms with van der Waals surface area (Å²) in [6.07, 6.45) is 1.50. The normalized spacial score (nSPS) is 12.8. The molecule has 0 saturated carbocycles. The molecular formula is C12H14BrCl2NO2. The summed E-state index contributed by atoms with van der Waals surface area (Å²) in [7, 11) is 0. The number of rotatable bonds is 5. The molecule has 0 aliphatic heterocycles. The van der Waals surface area contributed by atoms with Crippen molar-refractivity contribution in [2.24, 2.45) is 5.92 Å². The molecular weight excluding hydrogens is 341 g/mol. The highest BCUT2D eigenvalue weighted by Gasteiger charge is 2.19. The van der Waals surface area contributed by atoms with Gasteiger partial charge in [-0.2, -0.15) is 0 Å². The van der Waals surface area contributed by atoms with Gasteiger partial charge in [0.15, 0.2) is 0 Å². The fraction of sp³-hybridized carbons (Fsp3) is 0.500. The van der Waals surface area contributed by atoms with E-state index in [-0.39, 0.29) is 15.5 Å². The molecule has 0 radical (unpaired) electrons. The van der Waals surface area contributed by atoms with Gasteiger partial charge in [-0.3, -0.25) is 10.1 Å². The van der Waals surface area contributed by atoms with E-state index in [4.69, 9.17) is 23.2 Å². The van der Waals surface area contributed by atoms with Crippen LogP contribution < -0.4 is 0 Å². The van der Waals surface area contributed by atoms with Crippen molar-refractivity contribution in [2.75, 3.05) is 0 Å². The summed E-state index contributed by atoms with van der Waals surface area (Å²) in [5, 5.41) is 11.5. The minimum absolute atomic E-state index is 0.0256. The molecule has 0 heterocycles. The lowest BCUT2D eigenvalue weighted by Crippen LogP contribution is -2.08. The van der Waals surface area contributed by atoms with E-state index < -0.39 is 4.92 Å². The summed E-state index contributed by atoms with van der Waals surface area (Å²) in [6, 6.07) is 2.89. The number of nitro benzene ring substituents is 1. The van der Waals surface area contributed by atoms with Crippen molar-refractivity contribution in [1.29, 1.82) is 0 Å². The molecule has 0 aliphatic carbocycles. The van der Waals surface area contributed by atoms with E-state index >= 15 is 0 Å². The summed E-state index contributed by atoms with van der Waals surface area (Å²) in [5.41, 5.74) is 0.634. The van der Waals surface area contributed by atoms with Crippen molar-refractivity contribution in [3.05, 3.63) is 37.9 Å². The summed E-state index contributed by atoms with van der Waals surface area (Å²) in [5.74, 6) is 0.524. The Morgan fingerprint density at radius 2 is 1.89 bits per heavy atom. The van der Waals surface area contributed by atoms with Crippen LogP contribution in [0.4, 0.5) is 5.69 Å². The van der Waals surface area contributed by atoms with Crippen LogP contribution in [-0.4, -0.2) is 9.75 Å². The third-order valence-corrected chi connectivity index (χ3v) is 3.91. The Kier molecular flexibility index (Phi) is 5.89. The van der Waals surface area contributed by atoms with Gasteiger partial charge in [0.05, 0.1) is 15.0 Å². The Hall–Kier alpha value is -0.320. The molecule has 3 nitrogen and oxygen atoms in total. The molecule has 0 amide bonds. The third kappa shape index (κ3) is 4.41. The zero-order valence-corrected chi connectivity index (χ0v) is 13.2. The molecule has 0 fully saturated rings. The monoisotopic (exact) mass is 353 g/mol. The highest BCUT2D eigenvalue weighted by Crippen LogP contribution is 2.32. The lowest BCUT2D eigenvalue weighted by molar-refractivity contribution is -0.385. The van der Waals surface area contributed by atoms with E-state index in [1.54, 1.807) is 6.07 Å². The minimum Gasteiger partial charge on any atom is -0.258 e. The third-order valence-electron chi connectivity index (χ3n) is 2.49. The van der Waals surface area contributed by atoms with Gasteiger partial charge in [0.1, 0.15) is 0 Å². The van der Waals surface area contributed by atoms with Crippen LogP contribution in [0.1, 0.15) is 25.8 Å². The van der Waals surface area contributed by atoms with Gasteiger partial charge >= 0.3 is 0 Å². The molecule has 0 aromatic heterocycles. The molecule has 1 unspecified atom stereocenters. The van der Waals surface area contributed by atoms with E-state index in [9.17, 15) is 10.1 Å². The lowest BCUT2D eigenvalue weighted by Gasteiger charge is -2.13. The van der Waals surface area contributed by atoms with Gasteiger partial charge in [-0.15, -0.1) is 0 Å². The van der Waals surface area contributed by atoms with Crippen LogP contribution in [0.25, 0.3) is 0 Å². The number of alkyl halides is 1. The Morgan fingerprint density at radius 3 is 2.39 bits per heavy atom. The lowest BCUT2D eigenvalue weighted by atomic mass is 10.0. The maximum Gasteiger partial charge on any atom is 0.274 e. The van der Waals surface area contributed by atoms with Crippen molar-refractivity contribution in [2.45, 2.75) is 31.5 Å². The zero-order chi connectivity index (χ0) is 13.9. The van der Waals surface area contributed by atoms with Crippen molar-refractivity contribution >= 4 is 44.8 Å². The van der Waals surface area contributed by atoms with Crippen LogP contribution in [0.2, 0.25) is 10.0 Å². The van der Waals surface area contributed by atoms with Gasteiger partial charge in [0.2, 0.25) is 0 Å². The quantitative estimate of drug-likeness (QED) is 0.411. The van der Waals surface area contributed by atoms with E-state index in [0.29, 0.717) is 22.9 Å². The van der Waals surface area contributed by atoms with Crippen LogP contribution in [0.3, 0.4) is 0 Å². The van der Waals surface area contributed by atoms with Gasteiger partial charge < -0.3 is 0 Å². The van der Waals surface area contributed by atoms with Crippen molar-refractivity contribution in [3.63, 3.8) is 0 Å². The van der Waals surface area contributed by atoms with Crippen molar-refractivity contribution in [3.8, 4) is 0 Å². The van der Waals surface area contributed by atoms with Crippen LogP contribution in [0.15, 0.2) is 12.1 Å². The molecule has 6 heteroatoms. The smallest absolute Gasteiger partial charge is 0.258 e. The van der Waals surface area contributed by atoms with E-state index in [2.05, 4.69) is 29.8 Å². The summed E-state index contributed by atoms with van der Waals surface area (Å²) >= 11 is 15.3. The highest BCUT2D eigenvalue weighted by molar-refractivity contribution is 9.09. The zero-order valence-electron chi connectivity index (χ0n) is 10.1. The van der Waals surface area contributed by atoms with Crippen LogP contribution in [0.5, 0.6) is 0 Å². The molecule has 100 valence electrons. The number of benzene rings is 1. The maximum absolute atomic E-state index is 11.0. The number of halogens is 3. The van der Waals surface area contributed by atoms with Crippen molar-refractivity contribution < 1.29 is 4.92 Å². The number of hydrogen-bond acceptors (Lipinski definition) is 2. The molecule has 0 aliphatic rings. The average Bonchev–Trinajstić information content (AvgIpc) is 2.21. The molecule has 1 aromatic rings. The second kappa shape index (κ2) is 6.73. The predicted octanol–water partition coefficient (Wildman–Crippen LogP) is 5.25. The summed E-state index contributed by atoms with van der Waals surface area (Å²) in [4.78, 5) is 10.7. The first-order valence-electron chi connectivity index (χ1n) is 5.57. The number of hydrogen-bond donors (Lipinski definition) is 0. The van der Waals surface area contributed by atoms with Crippen LogP contribution in [0, 0.1) is 16.0 Å². The van der Waals surface area contributed by atoms with Crippen LogP contribution >= 0.6 is 39.1 Å². The second-order valence-electron chi connectivity index (χ2n) is 4.58. The fourth-order valence-corrected chi connectivity index (χ4v) is 3.19. The minimum atomic E-state index is -0.424. The topological polar surface area (TPSA) is 43.1 Å². The number of nitrogens with zero attached hydrogens (tertiary/aromatic N) is 1. The Balaban J connectivity index is 3.00. The van der Waals surface area contributed by atoms with Gasteiger partial charge in [0, 0.05) is 16.5 Å².